The smallest absolute Gasteiger partial charge is 0.132 e. The molecule has 0 spiro atoms. The van der Waals surface area contributed by atoms with Gasteiger partial charge in [0.25, 0.3) is 0 Å². The van der Waals surface area contributed by atoms with Gasteiger partial charge in [0.2, 0.25) is 0 Å². The molecule has 0 bridgehead atoms. The molecule has 2 aromatic carbocycles. The Kier molecular flexibility index (Phi) is 3.27. The highest BCUT2D eigenvalue weighted by Gasteiger charge is 2.15. The van der Waals surface area contributed by atoms with Gasteiger partial charge >= 0.3 is 0 Å². The highest BCUT2D eigenvalue weighted by Crippen LogP contribution is 2.39. The van der Waals surface area contributed by atoms with Gasteiger partial charge in [-0.3, -0.25) is 9.97 Å². The van der Waals surface area contributed by atoms with Gasteiger partial charge in [-0.05, 0) is 41.5 Å². The summed E-state index contributed by atoms with van der Waals surface area (Å²) in [4.78, 5) is 13.3. The first-order valence-corrected chi connectivity index (χ1v) is 8.56. The van der Waals surface area contributed by atoms with Gasteiger partial charge in [0, 0.05) is 56.7 Å². The monoisotopic (exact) mass is 356 g/mol. The van der Waals surface area contributed by atoms with Crippen LogP contribution in [0.2, 0.25) is 5.02 Å². The summed E-state index contributed by atoms with van der Waals surface area (Å²) in [6, 6.07) is 13.8. The number of fused-ring (bicyclic) bond motifs is 5. The van der Waals surface area contributed by atoms with Gasteiger partial charge in [0.15, 0.2) is 0 Å². The number of aromatic nitrogens is 3. The third-order valence-electron chi connectivity index (χ3n) is 4.65. The standard InChI is InChI=1S/C21H13ClN4/c22-14-3-1-2-12(8-14)17-9-13-10-24-6-4-15(13)20-19(17)18-11-25-7-5-16(18)21(23)26-20/h1-11H,(H2,23,26). The maximum absolute atomic E-state index is 6.25. The van der Waals surface area contributed by atoms with E-state index in [2.05, 4.69) is 16.0 Å². The van der Waals surface area contributed by atoms with Crippen LogP contribution in [-0.2, 0) is 0 Å². The quantitative estimate of drug-likeness (QED) is 0.417. The summed E-state index contributed by atoms with van der Waals surface area (Å²) >= 11 is 6.25. The molecule has 3 aromatic heterocycles. The second kappa shape index (κ2) is 5.64. The zero-order chi connectivity index (χ0) is 17.7. The molecule has 0 atom stereocenters. The Bertz CT molecular complexity index is 1310. The first kappa shape index (κ1) is 15.0. The van der Waals surface area contributed by atoms with Crippen LogP contribution in [0.25, 0.3) is 43.6 Å². The molecule has 0 amide bonds. The molecule has 0 aliphatic rings. The molecular formula is C21H13ClN4. The SMILES string of the molecule is Nc1nc2c3ccncc3cc(-c3cccc(Cl)c3)c2c2cnccc12. The summed E-state index contributed by atoms with van der Waals surface area (Å²) in [6.45, 7) is 0. The van der Waals surface area contributed by atoms with E-state index >= 15 is 0 Å². The number of hydrogen-bond donors (Lipinski definition) is 1. The van der Waals surface area contributed by atoms with Crippen LogP contribution in [0.4, 0.5) is 5.82 Å². The van der Waals surface area contributed by atoms with Crippen molar-refractivity contribution in [2.24, 2.45) is 0 Å². The molecular weight excluding hydrogens is 344 g/mol. The van der Waals surface area contributed by atoms with Crippen LogP contribution in [0, 0.1) is 0 Å². The predicted molar refractivity (Wildman–Crippen MR) is 107 cm³/mol. The number of halogens is 1. The molecule has 0 saturated carbocycles. The van der Waals surface area contributed by atoms with Crippen molar-refractivity contribution in [2.45, 2.75) is 0 Å². The molecule has 0 fully saturated rings. The van der Waals surface area contributed by atoms with E-state index in [4.69, 9.17) is 22.3 Å². The van der Waals surface area contributed by atoms with E-state index in [9.17, 15) is 0 Å². The van der Waals surface area contributed by atoms with Crippen LogP contribution in [0.3, 0.4) is 0 Å². The van der Waals surface area contributed by atoms with Gasteiger partial charge < -0.3 is 5.73 Å². The Balaban J connectivity index is 2.07. The largest absolute Gasteiger partial charge is 0.383 e. The van der Waals surface area contributed by atoms with E-state index < -0.39 is 0 Å². The molecule has 5 heteroatoms. The number of anilines is 1. The van der Waals surface area contributed by atoms with Crippen molar-refractivity contribution in [3.8, 4) is 11.1 Å². The molecule has 0 saturated heterocycles. The van der Waals surface area contributed by atoms with Gasteiger partial charge in [0.05, 0.1) is 5.52 Å². The molecule has 3 heterocycles. The fourth-order valence-corrected chi connectivity index (χ4v) is 3.69. The number of nitrogen functional groups attached to an aromatic ring is 1. The fourth-order valence-electron chi connectivity index (χ4n) is 3.50. The van der Waals surface area contributed by atoms with E-state index in [0.29, 0.717) is 10.8 Å². The van der Waals surface area contributed by atoms with E-state index in [0.717, 1.165) is 43.6 Å². The van der Waals surface area contributed by atoms with Crippen LogP contribution in [0.15, 0.2) is 67.3 Å². The minimum atomic E-state index is 0.497. The van der Waals surface area contributed by atoms with E-state index in [-0.39, 0.29) is 0 Å². The first-order valence-electron chi connectivity index (χ1n) is 8.18. The van der Waals surface area contributed by atoms with Crippen molar-refractivity contribution in [2.75, 3.05) is 5.73 Å². The molecule has 0 unspecified atom stereocenters. The molecule has 5 aromatic rings. The molecule has 4 nitrogen and oxygen atoms in total. The van der Waals surface area contributed by atoms with Crippen LogP contribution < -0.4 is 5.73 Å². The molecule has 5 rings (SSSR count). The Morgan fingerprint density at radius 1 is 0.846 bits per heavy atom. The third-order valence-corrected chi connectivity index (χ3v) is 4.88. The summed E-state index contributed by atoms with van der Waals surface area (Å²) in [5, 5.41) is 5.59. The van der Waals surface area contributed by atoms with Gasteiger partial charge in [-0.25, -0.2) is 4.98 Å². The van der Waals surface area contributed by atoms with Crippen molar-refractivity contribution in [1.29, 1.82) is 0 Å². The van der Waals surface area contributed by atoms with Crippen molar-refractivity contribution in [1.82, 2.24) is 15.0 Å². The molecule has 2 N–H and O–H groups in total. The number of hydrogen-bond acceptors (Lipinski definition) is 4. The average molecular weight is 357 g/mol. The highest BCUT2D eigenvalue weighted by molar-refractivity contribution is 6.31. The lowest BCUT2D eigenvalue weighted by molar-refractivity contribution is 1.35. The van der Waals surface area contributed by atoms with Crippen LogP contribution in [0.5, 0.6) is 0 Å². The maximum atomic E-state index is 6.25. The predicted octanol–water partition coefficient (Wildman–Crippen LogP) is 5.23. The molecule has 0 aliphatic heterocycles. The van der Waals surface area contributed by atoms with Crippen LogP contribution in [0.1, 0.15) is 0 Å². The molecule has 124 valence electrons. The Labute approximate surface area is 154 Å². The molecule has 0 aliphatic carbocycles. The zero-order valence-corrected chi connectivity index (χ0v) is 14.4. The van der Waals surface area contributed by atoms with Crippen molar-refractivity contribution >= 4 is 49.9 Å². The molecule has 26 heavy (non-hydrogen) atoms. The van der Waals surface area contributed by atoms with E-state index in [1.807, 2.05) is 48.8 Å². The van der Waals surface area contributed by atoms with Crippen molar-refractivity contribution in [3.05, 3.63) is 72.3 Å². The summed E-state index contributed by atoms with van der Waals surface area (Å²) in [7, 11) is 0. The second-order valence-corrected chi connectivity index (χ2v) is 6.61. The number of nitrogens with zero attached hydrogens (tertiary/aromatic N) is 3. The number of pyridine rings is 3. The minimum Gasteiger partial charge on any atom is -0.383 e. The lowest BCUT2D eigenvalue weighted by atomic mass is 9.94. The van der Waals surface area contributed by atoms with Gasteiger partial charge in [-0.2, -0.15) is 0 Å². The second-order valence-electron chi connectivity index (χ2n) is 6.17. The highest BCUT2D eigenvalue weighted by atomic mass is 35.5. The topological polar surface area (TPSA) is 64.7 Å². The summed E-state index contributed by atoms with van der Waals surface area (Å²) in [6.07, 6.45) is 7.19. The number of benzene rings is 2. The summed E-state index contributed by atoms with van der Waals surface area (Å²) in [5.74, 6) is 0.497. The Morgan fingerprint density at radius 3 is 2.50 bits per heavy atom. The zero-order valence-electron chi connectivity index (χ0n) is 13.6. The van der Waals surface area contributed by atoms with Gasteiger partial charge in [0.1, 0.15) is 5.82 Å². The lowest BCUT2D eigenvalue weighted by Crippen LogP contribution is -1.96. The Morgan fingerprint density at radius 2 is 1.65 bits per heavy atom. The van der Waals surface area contributed by atoms with Crippen LogP contribution >= 0.6 is 11.6 Å². The average Bonchev–Trinajstić information content (AvgIpc) is 2.67. The third kappa shape index (κ3) is 2.20. The van der Waals surface area contributed by atoms with Crippen molar-refractivity contribution in [3.63, 3.8) is 0 Å². The first-order chi connectivity index (χ1) is 12.7. The van der Waals surface area contributed by atoms with Crippen molar-refractivity contribution < 1.29 is 0 Å². The number of nitrogens with two attached hydrogens (primary N) is 1. The lowest BCUT2D eigenvalue weighted by Gasteiger charge is -2.14. The summed E-state index contributed by atoms with van der Waals surface area (Å²) in [5.41, 5.74) is 9.15. The van der Waals surface area contributed by atoms with E-state index in [1.54, 1.807) is 12.4 Å². The maximum Gasteiger partial charge on any atom is 0.132 e. The number of rotatable bonds is 1. The van der Waals surface area contributed by atoms with E-state index in [1.165, 1.54) is 0 Å². The fraction of sp³-hybridized carbons (Fsp3) is 0. The van der Waals surface area contributed by atoms with Gasteiger partial charge in [-0.15, -0.1) is 0 Å². The Hall–Kier alpha value is -3.24. The normalized spacial score (nSPS) is 11.4. The minimum absolute atomic E-state index is 0.497. The van der Waals surface area contributed by atoms with Crippen LogP contribution in [-0.4, -0.2) is 15.0 Å². The summed E-state index contributed by atoms with van der Waals surface area (Å²) < 4.78 is 0. The van der Waals surface area contributed by atoms with Gasteiger partial charge in [-0.1, -0.05) is 23.7 Å². The molecule has 0 radical (unpaired) electrons.